The SMILES string of the molecule is CC(C)NCCOC(=O)Nc1cccc(Cn2nc(-c3cc(F)cc(F)c3)ccc2=O)c1.Cl. The summed E-state index contributed by atoms with van der Waals surface area (Å²) in [6.07, 6.45) is -0.585. The van der Waals surface area contributed by atoms with Gasteiger partial charge in [-0.1, -0.05) is 26.0 Å². The summed E-state index contributed by atoms with van der Waals surface area (Å²) in [4.78, 5) is 24.2. The summed E-state index contributed by atoms with van der Waals surface area (Å²) in [7, 11) is 0. The molecule has 0 bridgehead atoms. The highest BCUT2D eigenvalue weighted by Crippen LogP contribution is 2.19. The number of anilines is 1. The number of hydrogen-bond acceptors (Lipinski definition) is 5. The van der Waals surface area contributed by atoms with Crippen molar-refractivity contribution in [3.63, 3.8) is 0 Å². The van der Waals surface area contributed by atoms with Gasteiger partial charge in [-0.2, -0.15) is 5.10 Å². The number of nitrogens with one attached hydrogen (secondary N) is 2. The Morgan fingerprint density at radius 3 is 2.52 bits per heavy atom. The second kappa shape index (κ2) is 12.1. The van der Waals surface area contributed by atoms with Gasteiger partial charge in [0.05, 0.1) is 12.2 Å². The summed E-state index contributed by atoms with van der Waals surface area (Å²) < 4.78 is 33.4. The molecule has 0 saturated heterocycles. The van der Waals surface area contributed by atoms with Gasteiger partial charge in [-0.3, -0.25) is 10.1 Å². The van der Waals surface area contributed by atoms with Gasteiger partial charge in [0.15, 0.2) is 0 Å². The van der Waals surface area contributed by atoms with Gasteiger partial charge in [-0.25, -0.2) is 18.3 Å². The molecule has 0 spiro atoms. The Hall–Kier alpha value is -3.30. The fraction of sp³-hybridized carbons (Fsp3) is 0.261. The lowest BCUT2D eigenvalue weighted by Gasteiger charge is -2.11. The number of nitrogens with zero attached hydrogens (tertiary/aromatic N) is 2. The number of carbonyl (C=O) groups is 1. The van der Waals surface area contributed by atoms with Crippen LogP contribution in [-0.4, -0.2) is 35.1 Å². The van der Waals surface area contributed by atoms with Gasteiger partial charge in [-0.05, 0) is 35.9 Å². The predicted molar refractivity (Wildman–Crippen MR) is 125 cm³/mol. The quantitative estimate of drug-likeness (QED) is 0.474. The third-order valence-corrected chi connectivity index (χ3v) is 4.42. The smallest absolute Gasteiger partial charge is 0.411 e. The summed E-state index contributed by atoms with van der Waals surface area (Å²) in [5.41, 5.74) is 1.31. The highest BCUT2D eigenvalue weighted by Gasteiger charge is 2.09. The van der Waals surface area contributed by atoms with Crippen molar-refractivity contribution in [1.82, 2.24) is 15.1 Å². The van der Waals surface area contributed by atoms with Crippen molar-refractivity contribution < 1.29 is 18.3 Å². The van der Waals surface area contributed by atoms with E-state index in [1.807, 2.05) is 13.8 Å². The van der Waals surface area contributed by atoms with E-state index in [-0.39, 0.29) is 42.4 Å². The Kier molecular flexibility index (Phi) is 9.50. The average Bonchev–Trinajstić information content (AvgIpc) is 2.72. The Bertz CT molecular complexity index is 1130. The minimum absolute atomic E-state index is 0. The van der Waals surface area contributed by atoms with Gasteiger partial charge in [-0.15, -0.1) is 12.4 Å². The molecule has 0 aliphatic carbocycles. The molecule has 0 saturated carbocycles. The lowest BCUT2D eigenvalue weighted by Crippen LogP contribution is -2.28. The van der Waals surface area contributed by atoms with Crippen LogP contribution in [0.1, 0.15) is 19.4 Å². The molecule has 1 amide bonds. The fourth-order valence-corrected chi connectivity index (χ4v) is 2.98. The highest BCUT2D eigenvalue weighted by molar-refractivity contribution is 5.85. The van der Waals surface area contributed by atoms with E-state index in [0.29, 0.717) is 23.8 Å². The van der Waals surface area contributed by atoms with Crippen LogP contribution in [0.4, 0.5) is 19.3 Å². The van der Waals surface area contributed by atoms with Gasteiger partial charge >= 0.3 is 6.09 Å². The van der Waals surface area contributed by atoms with E-state index in [4.69, 9.17) is 4.74 Å². The van der Waals surface area contributed by atoms with Crippen LogP contribution in [-0.2, 0) is 11.3 Å². The first-order chi connectivity index (χ1) is 15.3. The predicted octanol–water partition coefficient (Wildman–Crippen LogP) is 4.21. The van der Waals surface area contributed by atoms with Gasteiger partial charge < -0.3 is 10.1 Å². The molecular formula is C23H25ClF2N4O3. The topological polar surface area (TPSA) is 85.2 Å². The molecule has 0 fully saturated rings. The molecule has 3 aromatic rings. The average molecular weight is 479 g/mol. The van der Waals surface area contributed by atoms with E-state index in [1.165, 1.54) is 16.8 Å². The zero-order valence-corrected chi connectivity index (χ0v) is 19.0. The van der Waals surface area contributed by atoms with E-state index in [9.17, 15) is 18.4 Å². The number of carbonyl (C=O) groups excluding carboxylic acids is 1. The lowest BCUT2D eigenvalue weighted by molar-refractivity contribution is 0.161. The Balaban J connectivity index is 0.00000385. The number of amides is 1. The van der Waals surface area contributed by atoms with Crippen LogP contribution in [0.15, 0.2) is 59.4 Å². The number of rotatable bonds is 8. The van der Waals surface area contributed by atoms with Crippen molar-refractivity contribution in [3.8, 4) is 11.3 Å². The number of hydrogen-bond donors (Lipinski definition) is 2. The van der Waals surface area contributed by atoms with Gasteiger partial charge in [0.25, 0.3) is 5.56 Å². The van der Waals surface area contributed by atoms with E-state index >= 15 is 0 Å². The van der Waals surface area contributed by atoms with Crippen LogP contribution in [0.25, 0.3) is 11.3 Å². The molecule has 2 aromatic carbocycles. The summed E-state index contributed by atoms with van der Waals surface area (Å²) in [5, 5.41) is 10.0. The van der Waals surface area contributed by atoms with Crippen molar-refractivity contribution in [2.24, 2.45) is 0 Å². The van der Waals surface area contributed by atoms with E-state index in [1.54, 1.807) is 24.3 Å². The third-order valence-electron chi connectivity index (χ3n) is 4.42. The van der Waals surface area contributed by atoms with Gasteiger partial charge in [0.1, 0.15) is 18.2 Å². The van der Waals surface area contributed by atoms with Crippen LogP contribution in [0, 0.1) is 11.6 Å². The monoisotopic (exact) mass is 478 g/mol. The Morgan fingerprint density at radius 1 is 1.09 bits per heavy atom. The second-order valence-electron chi connectivity index (χ2n) is 7.44. The lowest BCUT2D eigenvalue weighted by atomic mass is 10.1. The number of halogens is 3. The van der Waals surface area contributed by atoms with Crippen molar-refractivity contribution >= 4 is 24.2 Å². The largest absolute Gasteiger partial charge is 0.448 e. The molecule has 3 rings (SSSR count). The molecule has 0 atom stereocenters. The van der Waals surface area contributed by atoms with E-state index in [2.05, 4.69) is 15.7 Å². The number of ether oxygens (including phenoxy) is 1. The molecule has 10 heteroatoms. The number of aromatic nitrogens is 2. The van der Waals surface area contributed by atoms with E-state index < -0.39 is 17.7 Å². The van der Waals surface area contributed by atoms with Crippen molar-refractivity contribution in [2.75, 3.05) is 18.5 Å². The maximum atomic E-state index is 13.5. The minimum atomic E-state index is -0.731. The standard InChI is InChI=1S/C23H24F2N4O3.ClH/c1-15(2)26-8-9-32-23(31)27-20-5-3-4-16(10-20)14-29-22(30)7-6-21(28-29)17-11-18(24)13-19(25)12-17;/h3-7,10-13,15,26H,8-9,14H2,1-2H3,(H,27,31);1H. The minimum Gasteiger partial charge on any atom is -0.448 e. The Morgan fingerprint density at radius 2 is 1.82 bits per heavy atom. The second-order valence-corrected chi connectivity index (χ2v) is 7.44. The van der Waals surface area contributed by atoms with Gasteiger partial charge in [0, 0.05) is 36.0 Å². The molecule has 0 unspecified atom stereocenters. The summed E-state index contributed by atoms with van der Waals surface area (Å²) in [5.74, 6) is -1.46. The third kappa shape index (κ3) is 7.96. The number of benzene rings is 2. The molecule has 0 radical (unpaired) electrons. The van der Waals surface area contributed by atoms with Crippen molar-refractivity contribution in [3.05, 3.63) is 82.1 Å². The zero-order valence-electron chi connectivity index (χ0n) is 18.2. The summed E-state index contributed by atoms with van der Waals surface area (Å²) in [6.45, 7) is 4.88. The van der Waals surface area contributed by atoms with Crippen molar-refractivity contribution in [1.29, 1.82) is 0 Å². The van der Waals surface area contributed by atoms with E-state index in [0.717, 1.165) is 18.2 Å². The maximum absolute atomic E-state index is 13.5. The Labute approximate surface area is 196 Å². The van der Waals surface area contributed by atoms with Crippen LogP contribution >= 0.6 is 12.4 Å². The molecule has 0 aliphatic rings. The van der Waals surface area contributed by atoms with Crippen LogP contribution in [0.2, 0.25) is 0 Å². The van der Waals surface area contributed by atoms with Crippen LogP contribution in [0.5, 0.6) is 0 Å². The fourth-order valence-electron chi connectivity index (χ4n) is 2.98. The van der Waals surface area contributed by atoms with Crippen LogP contribution < -0.4 is 16.2 Å². The molecule has 2 N–H and O–H groups in total. The maximum Gasteiger partial charge on any atom is 0.411 e. The first-order valence-electron chi connectivity index (χ1n) is 10.1. The summed E-state index contributed by atoms with van der Waals surface area (Å²) >= 11 is 0. The molecule has 1 aromatic heterocycles. The molecule has 1 heterocycles. The zero-order chi connectivity index (χ0) is 23.1. The molecular weight excluding hydrogens is 454 g/mol. The first kappa shape index (κ1) is 26.0. The molecule has 33 heavy (non-hydrogen) atoms. The molecule has 176 valence electrons. The van der Waals surface area contributed by atoms with Crippen LogP contribution in [0.3, 0.4) is 0 Å². The summed E-state index contributed by atoms with van der Waals surface area (Å²) in [6, 6.07) is 12.9. The highest BCUT2D eigenvalue weighted by atomic mass is 35.5. The molecule has 7 nitrogen and oxygen atoms in total. The first-order valence-corrected chi connectivity index (χ1v) is 10.1. The molecule has 0 aliphatic heterocycles. The van der Waals surface area contributed by atoms with Gasteiger partial charge in [0.2, 0.25) is 0 Å². The normalized spacial score (nSPS) is 10.6. The van der Waals surface area contributed by atoms with Crippen molar-refractivity contribution in [2.45, 2.75) is 26.4 Å².